The van der Waals surface area contributed by atoms with Crippen molar-refractivity contribution in [2.24, 2.45) is 5.41 Å². The Hall–Kier alpha value is -0.610. The molecule has 1 amide bonds. The Labute approximate surface area is 115 Å². The summed E-state index contributed by atoms with van der Waals surface area (Å²) in [5.41, 5.74) is -0.150. The van der Waals surface area contributed by atoms with Crippen molar-refractivity contribution in [2.75, 3.05) is 26.2 Å². The van der Waals surface area contributed by atoms with E-state index >= 15 is 0 Å². The van der Waals surface area contributed by atoms with Crippen LogP contribution in [0.4, 0.5) is 0 Å². The molecule has 0 aromatic rings. The largest absolute Gasteiger partial charge is 0.374 e. The lowest BCUT2D eigenvalue weighted by molar-refractivity contribution is -0.156. The van der Waals surface area contributed by atoms with Gasteiger partial charge in [0.2, 0.25) is 5.91 Å². The lowest BCUT2D eigenvalue weighted by Crippen LogP contribution is -2.58. The second kappa shape index (κ2) is 5.41. The highest BCUT2D eigenvalue weighted by atomic mass is 16.5. The Kier molecular flexibility index (Phi) is 3.81. The zero-order valence-corrected chi connectivity index (χ0v) is 12.0. The summed E-state index contributed by atoms with van der Waals surface area (Å²) in [4.78, 5) is 15.2. The number of carbonyl (C=O) groups excluding carboxylic acids is 1. The Morgan fingerprint density at radius 3 is 3.05 bits per heavy atom. The maximum atomic E-state index is 13.1. The number of rotatable bonds is 2. The van der Waals surface area contributed by atoms with Crippen molar-refractivity contribution < 1.29 is 9.53 Å². The number of hydrogen-bond acceptors (Lipinski definition) is 3. The normalized spacial score (nSPS) is 39.1. The van der Waals surface area contributed by atoms with Gasteiger partial charge in [-0.05, 0) is 45.1 Å². The van der Waals surface area contributed by atoms with Gasteiger partial charge in [-0.2, -0.15) is 0 Å². The molecule has 2 saturated heterocycles. The summed E-state index contributed by atoms with van der Waals surface area (Å²) in [7, 11) is 0. The first-order valence-corrected chi connectivity index (χ1v) is 7.90. The van der Waals surface area contributed by atoms with Gasteiger partial charge in [-0.15, -0.1) is 0 Å². The van der Waals surface area contributed by atoms with Gasteiger partial charge >= 0.3 is 0 Å². The third kappa shape index (κ3) is 2.29. The summed E-state index contributed by atoms with van der Waals surface area (Å²) in [5, 5.41) is 3.43. The summed E-state index contributed by atoms with van der Waals surface area (Å²) < 4.78 is 5.83. The van der Waals surface area contributed by atoms with E-state index in [1.165, 1.54) is 6.42 Å². The smallest absolute Gasteiger partial charge is 0.230 e. The summed E-state index contributed by atoms with van der Waals surface area (Å²) in [5.74, 6) is 0.391. The van der Waals surface area contributed by atoms with Crippen molar-refractivity contribution in [1.82, 2.24) is 10.2 Å². The first-order valence-electron chi connectivity index (χ1n) is 7.90. The van der Waals surface area contributed by atoms with Crippen LogP contribution in [0.2, 0.25) is 0 Å². The minimum Gasteiger partial charge on any atom is -0.374 e. The second-order valence-electron chi connectivity index (χ2n) is 6.32. The van der Waals surface area contributed by atoms with E-state index in [1.54, 1.807) is 0 Å². The van der Waals surface area contributed by atoms with E-state index in [-0.39, 0.29) is 5.41 Å². The average molecular weight is 266 g/mol. The molecule has 3 aliphatic rings. The molecule has 4 nitrogen and oxygen atoms in total. The van der Waals surface area contributed by atoms with Crippen LogP contribution in [-0.2, 0) is 9.53 Å². The maximum Gasteiger partial charge on any atom is 0.230 e. The maximum absolute atomic E-state index is 13.1. The molecule has 108 valence electrons. The third-order valence-corrected chi connectivity index (χ3v) is 5.35. The van der Waals surface area contributed by atoms with Crippen LogP contribution in [0.5, 0.6) is 0 Å². The number of fused-ring (bicyclic) bond motifs is 1. The first kappa shape index (κ1) is 13.4. The topological polar surface area (TPSA) is 41.6 Å². The van der Waals surface area contributed by atoms with Gasteiger partial charge in [-0.25, -0.2) is 0 Å². The molecule has 0 bridgehead atoms. The fraction of sp³-hybridized carbons (Fsp3) is 0.933. The van der Waals surface area contributed by atoms with Crippen LogP contribution in [0.1, 0.15) is 45.4 Å². The van der Waals surface area contributed by atoms with Gasteiger partial charge < -0.3 is 15.0 Å². The standard InChI is InChI=1S/C15H26N2O2/c1-2-15(7-4-8-16-11-15)14(18)17-9-10-19-13-6-3-5-12(13)17/h12-13,16H,2-11H2,1H3. The van der Waals surface area contributed by atoms with Crippen molar-refractivity contribution >= 4 is 5.91 Å². The quantitative estimate of drug-likeness (QED) is 0.824. The average Bonchev–Trinajstić information content (AvgIpc) is 2.95. The number of hydrogen-bond donors (Lipinski definition) is 1. The molecule has 0 aromatic carbocycles. The monoisotopic (exact) mass is 266 g/mol. The van der Waals surface area contributed by atoms with E-state index in [4.69, 9.17) is 4.74 Å². The van der Waals surface area contributed by atoms with Crippen LogP contribution in [-0.4, -0.2) is 49.2 Å². The van der Waals surface area contributed by atoms with Gasteiger partial charge in [-0.1, -0.05) is 6.92 Å². The van der Waals surface area contributed by atoms with E-state index in [1.807, 2.05) is 0 Å². The number of amides is 1. The Balaban J connectivity index is 1.77. The highest BCUT2D eigenvalue weighted by molar-refractivity contribution is 5.83. The lowest BCUT2D eigenvalue weighted by Gasteiger charge is -2.45. The predicted molar refractivity (Wildman–Crippen MR) is 73.9 cm³/mol. The number of nitrogens with zero attached hydrogens (tertiary/aromatic N) is 1. The van der Waals surface area contributed by atoms with Crippen LogP contribution >= 0.6 is 0 Å². The zero-order valence-electron chi connectivity index (χ0n) is 12.0. The molecule has 3 atom stereocenters. The molecule has 2 aliphatic heterocycles. The molecule has 2 heterocycles. The molecule has 4 heteroatoms. The van der Waals surface area contributed by atoms with Gasteiger partial charge in [0, 0.05) is 13.1 Å². The molecular formula is C15H26N2O2. The second-order valence-corrected chi connectivity index (χ2v) is 6.32. The highest BCUT2D eigenvalue weighted by Gasteiger charge is 2.46. The van der Waals surface area contributed by atoms with Gasteiger partial charge in [0.25, 0.3) is 0 Å². The van der Waals surface area contributed by atoms with Gasteiger partial charge in [-0.3, -0.25) is 4.79 Å². The third-order valence-electron chi connectivity index (χ3n) is 5.35. The Bertz CT molecular complexity index is 339. The molecule has 0 aromatic heterocycles. The Morgan fingerprint density at radius 2 is 2.32 bits per heavy atom. The minimum atomic E-state index is -0.150. The summed E-state index contributed by atoms with van der Waals surface area (Å²) in [6.07, 6.45) is 6.89. The van der Waals surface area contributed by atoms with E-state index in [0.717, 1.165) is 58.3 Å². The van der Waals surface area contributed by atoms with E-state index in [2.05, 4.69) is 17.1 Å². The molecule has 3 rings (SSSR count). The van der Waals surface area contributed by atoms with Crippen molar-refractivity contribution in [3.63, 3.8) is 0 Å². The minimum absolute atomic E-state index is 0.150. The molecule has 0 radical (unpaired) electrons. The molecule has 19 heavy (non-hydrogen) atoms. The van der Waals surface area contributed by atoms with E-state index < -0.39 is 0 Å². The summed E-state index contributed by atoms with van der Waals surface area (Å²) >= 11 is 0. The van der Waals surface area contributed by atoms with Crippen LogP contribution in [0.3, 0.4) is 0 Å². The SMILES string of the molecule is CCC1(C(=O)N2CCOC3CCCC32)CCCNC1. The molecule has 0 spiro atoms. The predicted octanol–water partition coefficient (Wildman–Crippen LogP) is 1.55. The first-order chi connectivity index (χ1) is 9.27. The fourth-order valence-electron chi connectivity index (χ4n) is 4.09. The summed E-state index contributed by atoms with van der Waals surface area (Å²) in [6.45, 7) is 5.60. The van der Waals surface area contributed by atoms with Crippen LogP contribution < -0.4 is 5.32 Å². The van der Waals surface area contributed by atoms with Crippen LogP contribution in [0.15, 0.2) is 0 Å². The van der Waals surface area contributed by atoms with E-state index in [9.17, 15) is 4.79 Å². The molecule has 3 unspecified atom stereocenters. The van der Waals surface area contributed by atoms with Gasteiger partial charge in [0.1, 0.15) is 0 Å². The molecule has 1 aliphatic carbocycles. The van der Waals surface area contributed by atoms with Crippen molar-refractivity contribution in [3.05, 3.63) is 0 Å². The number of carbonyl (C=O) groups is 1. The number of piperidine rings is 1. The van der Waals surface area contributed by atoms with Crippen LogP contribution in [0.25, 0.3) is 0 Å². The van der Waals surface area contributed by atoms with E-state index in [0.29, 0.717) is 18.1 Å². The highest BCUT2D eigenvalue weighted by Crippen LogP contribution is 2.37. The summed E-state index contributed by atoms with van der Waals surface area (Å²) in [6, 6.07) is 0.353. The molecule has 1 N–H and O–H groups in total. The lowest BCUT2D eigenvalue weighted by atomic mass is 9.76. The fourth-order valence-corrected chi connectivity index (χ4v) is 4.09. The van der Waals surface area contributed by atoms with Gasteiger partial charge in [0.05, 0.1) is 24.2 Å². The molecule has 1 saturated carbocycles. The van der Waals surface area contributed by atoms with Gasteiger partial charge in [0.15, 0.2) is 0 Å². The van der Waals surface area contributed by atoms with Crippen molar-refractivity contribution in [1.29, 1.82) is 0 Å². The number of ether oxygens (including phenoxy) is 1. The van der Waals surface area contributed by atoms with Crippen molar-refractivity contribution in [2.45, 2.75) is 57.6 Å². The molecular weight excluding hydrogens is 240 g/mol. The Morgan fingerprint density at radius 1 is 1.42 bits per heavy atom. The van der Waals surface area contributed by atoms with Crippen molar-refractivity contribution in [3.8, 4) is 0 Å². The zero-order chi connectivity index (χ0) is 13.3. The number of nitrogens with one attached hydrogen (secondary N) is 1. The number of morpholine rings is 1. The van der Waals surface area contributed by atoms with Crippen LogP contribution in [0, 0.1) is 5.41 Å². The molecule has 3 fully saturated rings.